The van der Waals surface area contributed by atoms with Crippen molar-refractivity contribution < 1.29 is 19.8 Å². The van der Waals surface area contributed by atoms with Gasteiger partial charge in [0.05, 0.1) is 0 Å². The van der Waals surface area contributed by atoms with Crippen molar-refractivity contribution in [2.24, 2.45) is 5.92 Å². The van der Waals surface area contributed by atoms with Crippen molar-refractivity contribution in [3.8, 4) is 0 Å². The zero-order chi connectivity index (χ0) is 8.15. The topological polar surface area (TPSA) is 98.5 Å². The lowest BCUT2D eigenvalue weighted by atomic mass is 10.1. The Labute approximate surface area is 56.8 Å². The number of hydrogen-bond donors (Lipinski definition) is 3. The Kier molecular flexibility index (Phi) is 3.10. The molecular weight excluding hydrogens is 138 g/mol. The molecule has 3 N–H and O–H groups in total. The monoisotopic (exact) mass is 145 g/mol. The van der Waals surface area contributed by atoms with Gasteiger partial charge in [0.25, 0.3) is 0 Å². The maximum absolute atomic E-state index is 10.0. The quantitative estimate of drug-likeness (QED) is 0.377. The van der Waals surface area contributed by atoms with Crippen LogP contribution in [0.2, 0.25) is 0 Å². The minimum Gasteiger partial charge on any atom is -0.481 e. The third kappa shape index (κ3) is 2.25. The van der Waals surface area contributed by atoms with Gasteiger partial charge in [-0.15, -0.1) is 0 Å². The van der Waals surface area contributed by atoms with Gasteiger partial charge >= 0.3 is 11.9 Å². The van der Waals surface area contributed by atoms with Gasteiger partial charge < -0.3 is 15.6 Å². The summed E-state index contributed by atoms with van der Waals surface area (Å²) in [7, 11) is 0. The number of rotatable bonds is 4. The summed E-state index contributed by atoms with van der Waals surface area (Å²) in [5, 5.41) is 22.8. The van der Waals surface area contributed by atoms with Gasteiger partial charge in [0.1, 0.15) is 0 Å². The molecule has 5 heteroatoms. The second-order valence-corrected chi connectivity index (χ2v) is 1.67. The van der Waals surface area contributed by atoms with Crippen LogP contribution in [-0.4, -0.2) is 28.4 Å². The summed E-state index contributed by atoms with van der Waals surface area (Å²) >= 11 is 0. The predicted molar refractivity (Wildman–Crippen MR) is 32.2 cm³/mol. The van der Waals surface area contributed by atoms with Crippen molar-refractivity contribution in [1.82, 2.24) is 0 Å². The predicted octanol–water partition coefficient (Wildman–Crippen LogP) is -0.189. The summed E-state index contributed by atoms with van der Waals surface area (Å²) in [4.78, 5) is 20.1. The lowest BCUT2D eigenvalue weighted by Crippen LogP contribution is -2.23. The molecule has 0 saturated carbocycles. The van der Waals surface area contributed by atoms with E-state index in [4.69, 9.17) is 15.6 Å². The summed E-state index contributed by atoms with van der Waals surface area (Å²) in [6, 6.07) is 0. The first-order valence-corrected chi connectivity index (χ1v) is 2.54. The van der Waals surface area contributed by atoms with E-state index in [9.17, 15) is 9.59 Å². The van der Waals surface area contributed by atoms with E-state index in [-0.39, 0.29) is 6.42 Å². The van der Waals surface area contributed by atoms with Gasteiger partial charge in [0.15, 0.2) is 5.92 Å². The highest BCUT2D eigenvalue weighted by molar-refractivity contribution is 5.94. The smallest absolute Gasteiger partial charge is 0.318 e. The molecule has 0 amide bonds. The summed E-state index contributed by atoms with van der Waals surface area (Å²) in [6.07, 6.45) is 0.511. The normalized spacial score (nSPS) is 9.30. The number of hydrogen-bond acceptors (Lipinski definition) is 3. The zero-order valence-corrected chi connectivity index (χ0v) is 5.07. The van der Waals surface area contributed by atoms with Crippen LogP contribution in [0.5, 0.6) is 0 Å². The van der Waals surface area contributed by atoms with E-state index < -0.39 is 17.9 Å². The average Bonchev–Trinajstić information content (AvgIpc) is 1.81. The van der Waals surface area contributed by atoms with E-state index in [1.165, 1.54) is 0 Å². The van der Waals surface area contributed by atoms with E-state index in [0.29, 0.717) is 0 Å². The number of nitrogens with one attached hydrogen (secondary N) is 1. The SMILES string of the molecule is N=CCC(C(=O)O)C(=O)O. The van der Waals surface area contributed by atoms with E-state index in [0.717, 1.165) is 6.21 Å². The van der Waals surface area contributed by atoms with Crippen LogP contribution in [0.15, 0.2) is 0 Å². The highest BCUT2D eigenvalue weighted by Crippen LogP contribution is 2.00. The molecule has 0 radical (unpaired) electrons. The zero-order valence-electron chi connectivity index (χ0n) is 5.07. The van der Waals surface area contributed by atoms with E-state index in [1.807, 2.05) is 0 Å². The minimum absolute atomic E-state index is 0.259. The van der Waals surface area contributed by atoms with E-state index in [1.54, 1.807) is 0 Å². The Morgan fingerprint density at radius 2 is 1.80 bits per heavy atom. The Bertz CT molecular complexity index is 151. The molecule has 0 bridgehead atoms. The van der Waals surface area contributed by atoms with Gasteiger partial charge in [-0.1, -0.05) is 0 Å². The van der Waals surface area contributed by atoms with Gasteiger partial charge in [-0.25, -0.2) is 0 Å². The van der Waals surface area contributed by atoms with Gasteiger partial charge in [0.2, 0.25) is 0 Å². The molecule has 0 rings (SSSR count). The number of carboxylic acid groups (broad SMARTS) is 2. The van der Waals surface area contributed by atoms with Gasteiger partial charge in [-0.3, -0.25) is 9.59 Å². The van der Waals surface area contributed by atoms with Crippen LogP contribution < -0.4 is 0 Å². The van der Waals surface area contributed by atoms with Gasteiger partial charge in [-0.05, 0) is 6.21 Å². The molecule has 0 fully saturated rings. The van der Waals surface area contributed by atoms with Crippen molar-refractivity contribution in [2.75, 3.05) is 0 Å². The van der Waals surface area contributed by atoms with Crippen LogP contribution in [0, 0.1) is 11.3 Å². The lowest BCUT2D eigenvalue weighted by molar-refractivity contribution is -0.154. The Morgan fingerprint density at radius 1 is 1.40 bits per heavy atom. The fraction of sp³-hybridized carbons (Fsp3) is 0.400. The average molecular weight is 145 g/mol. The second kappa shape index (κ2) is 3.60. The van der Waals surface area contributed by atoms with Crippen LogP contribution >= 0.6 is 0 Å². The molecule has 10 heavy (non-hydrogen) atoms. The van der Waals surface area contributed by atoms with Crippen molar-refractivity contribution in [2.45, 2.75) is 6.42 Å². The maximum atomic E-state index is 10.0. The fourth-order valence-electron chi connectivity index (χ4n) is 0.425. The summed E-state index contributed by atoms with van der Waals surface area (Å²) in [5.41, 5.74) is 0. The molecule has 56 valence electrons. The number of carbonyl (C=O) groups is 2. The van der Waals surface area contributed by atoms with Crippen molar-refractivity contribution in [3.63, 3.8) is 0 Å². The molecule has 0 aliphatic heterocycles. The first-order chi connectivity index (χ1) is 4.59. The Balaban J connectivity index is 4.11. The highest BCUT2D eigenvalue weighted by Gasteiger charge is 2.23. The van der Waals surface area contributed by atoms with Crippen LogP contribution in [0.25, 0.3) is 0 Å². The Morgan fingerprint density at radius 3 is 1.90 bits per heavy atom. The molecule has 0 heterocycles. The van der Waals surface area contributed by atoms with Crippen molar-refractivity contribution in [3.05, 3.63) is 0 Å². The Hall–Kier alpha value is -1.39. The van der Waals surface area contributed by atoms with Gasteiger partial charge in [-0.2, -0.15) is 0 Å². The lowest BCUT2D eigenvalue weighted by Gasteiger charge is -2.00. The van der Waals surface area contributed by atoms with Crippen molar-refractivity contribution in [1.29, 1.82) is 5.41 Å². The third-order valence-corrected chi connectivity index (χ3v) is 0.950. The molecule has 0 aromatic carbocycles. The highest BCUT2D eigenvalue weighted by atomic mass is 16.4. The molecule has 0 aliphatic carbocycles. The molecular formula is C5H7NO4. The van der Waals surface area contributed by atoms with Gasteiger partial charge in [0, 0.05) is 6.42 Å². The van der Waals surface area contributed by atoms with E-state index in [2.05, 4.69) is 0 Å². The summed E-state index contributed by atoms with van der Waals surface area (Å²) in [5.74, 6) is -4.29. The maximum Gasteiger partial charge on any atom is 0.318 e. The number of carboxylic acids is 2. The summed E-state index contributed by atoms with van der Waals surface area (Å²) < 4.78 is 0. The summed E-state index contributed by atoms with van der Waals surface area (Å²) in [6.45, 7) is 0. The van der Waals surface area contributed by atoms with Crippen LogP contribution in [0.3, 0.4) is 0 Å². The molecule has 0 spiro atoms. The molecule has 0 saturated heterocycles. The third-order valence-electron chi connectivity index (χ3n) is 0.950. The first kappa shape index (κ1) is 8.61. The minimum atomic E-state index is -1.47. The largest absolute Gasteiger partial charge is 0.481 e. The second-order valence-electron chi connectivity index (χ2n) is 1.67. The van der Waals surface area contributed by atoms with Crippen LogP contribution in [0.1, 0.15) is 6.42 Å². The molecule has 0 aliphatic rings. The first-order valence-electron chi connectivity index (χ1n) is 2.54. The molecule has 0 aromatic rings. The molecule has 5 nitrogen and oxygen atoms in total. The molecule has 0 unspecified atom stereocenters. The molecule has 0 atom stereocenters. The van der Waals surface area contributed by atoms with Crippen LogP contribution in [0.4, 0.5) is 0 Å². The standard InChI is InChI=1S/C5H7NO4/c6-2-1-3(4(7)8)5(9)10/h2-3,6H,1H2,(H,7,8)(H,9,10). The fourth-order valence-corrected chi connectivity index (χ4v) is 0.425. The number of aliphatic carboxylic acids is 2. The molecule has 0 aromatic heterocycles. The van der Waals surface area contributed by atoms with E-state index >= 15 is 0 Å². The van der Waals surface area contributed by atoms with Crippen molar-refractivity contribution >= 4 is 18.2 Å². The van der Waals surface area contributed by atoms with Crippen LogP contribution in [-0.2, 0) is 9.59 Å².